The molecule has 9 nitrogen and oxygen atoms in total. The van der Waals surface area contributed by atoms with Crippen molar-refractivity contribution in [2.24, 2.45) is 0 Å². The highest BCUT2D eigenvalue weighted by atomic mass is 16.5. The highest BCUT2D eigenvalue weighted by Crippen LogP contribution is 2.45. The van der Waals surface area contributed by atoms with E-state index in [1.165, 1.54) is 0 Å². The summed E-state index contributed by atoms with van der Waals surface area (Å²) in [7, 11) is 0. The van der Waals surface area contributed by atoms with Crippen molar-refractivity contribution in [3.63, 3.8) is 0 Å². The molecule has 3 aliphatic rings. The summed E-state index contributed by atoms with van der Waals surface area (Å²) in [6.45, 7) is 12.2. The largest absolute Gasteiger partial charge is 0.461 e. The Labute approximate surface area is 279 Å². The van der Waals surface area contributed by atoms with Crippen molar-refractivity contribution in [3.05, 3.63) is 98.9 Å². The van der Waals surface area contributed by atoms with E-state index in [1.807, 2.05) is 38.1 Å². The molecule has 4 atom stereocenters. The van der Waals surface area contributed by atoms with E-state index < -0.39 is 0 Å². The molecule has 9 heteroatoms. The van der Waals surface area contributed by atoms with Gasteiger partial charge < -0.3 is 14.7 Å². The van der Waals surface area contributed by atoms with Crippen molar-refractivity contribution in [2.45, 2.75) is 97.5 Å². The van der Waals surface area contributed by atoms with Gasteiger partial charge in [-0.2, -0.15) is 0 Å². The average molecular weight is 644 g/mol. The number of hydrogen-bond acceptors (Lipinski definition) is 7. The summed E-state index contributed by atoms with van der Waals surface area (Å²) in [5.41, 5.74) is 11.7. The van der Waals surface area contributed by atoms with Crippen molar-refractivity contribution in [1.82, 2.24) is 24.9 Å². The van der Waals surface area contributed by atoms with E-state index >= 15 is 0 Å². The molecule has 6 heterocycles. The average Bonchev–Trinajstić information content (AvgIpc) is 3.81. The number of nitrogens with zero attached hydrogens (tertiary/aromatic N) is 3. The number of ether oxygens (including phenoxy) is 1. The van der Waals surface area contributed by atoms with E-state index in [9.17, 15) is 14.4 Å². The van der Waals surface area contributed by atoms with Gasteiger partial charge in [-0.15, -0.1) is 0 Å². The van der Waals surface area contributed by atoms with Crippen LogP contribution in [0.3, 0.4) is 0 Å². The van der Waals surface area contributed by atoms with Crippen LogP contribution in [0, 0.1) is 13.8 Å². The first-order valence-electron chi connectivity index (χ1n) is 16.9. The number of nitrogens with one attached hydrogen (secondary N) is 2. The molecular formula is C39H41N5O4. The molecule has 0 saturated heterocycles. The summed E-state index contributed by atoms with van der Waals surface area (Å²) in [5.74, 6) is -0.0363. The van der Waals surface area contributed by atoms with Gasteiger partial charge in [0.05, 0.1) is 16.7 Å². The number of fused-ring (bicyclic) bond motifs is 8. The summed E-state index contributed by atoms with van der Waals surface area (Å²) in [6, 6.07) is 9.83. The molecule has 0 saturated carbocycles. The van der Waals surface area contributed by atoms with Crippen LogP contribution in [-0.2, 0) is 22.6 Å². The summed E-state index contributed by atoms with van der Waals surface area (Å²) >= 11 is 0. The summed E-state index contributed by atoms with van der Waals surface area (Å²) in [6.07, 6.45) is 5.26. The summed E-state index contributed by atoms with van der Waals surface area (Å²) in [5, 5.41) is 0. The normalized spacial score (nSPS) is 19.9. The molecule has 246 valence electrons. The standard InChI is InChI=1S/C39H41N5O4/c1-7-25-19(2)28-16-33-36(23(6)45)21(4)30(42-33)14-29-20(3)26(10-11-35(47)48-18-24-9-8-12-40-17-24)38(43-29)27-13-34(46)37-22(5)31(44-39(27)37)15-32(25)41-28/h8-9,12,14-17,19-20,25-26,42,44H,7,10-11,13,18H2,1-6H3/t19-,20+,25-,26+/m1/s1. The Morgan fingerprint density at radius 2 is 1.65 bits per heavy atom. The Morgan fingerprint density at radius 3 is 2.38 bits per heavy atom. The predicted octanol–water partition coefficient (Wildman–Crippen LogP) is 7.98. The second kappa shape index (κ2) is 12.3. The zero-order valence-corrected chi connectivity index (χ0v) is 28.4. The minimum absolute atomic E-state index is 0.0141. The van der Waals surface area contributed by atoms with Gasteiger partial charge in [0, 0.05) is 99.3 Å². The first-order chi connectivity index (χ1) is 23.0. The van der Waals surface area contributed by atoms with E-state index in [1.54, 1.807) is 19.3 Å². The molecular weight excluding hydrogens is 602 g/mol. The number of aromatic nitrogens is 5. The van der Waals surface area contributed by atoms with E-state index in [0.29, 0.717) is 17.5 Å². The molecule has 0 amide bonds. The second-order valence-corrected chi connectivity index (χ2v) is 13.6. The fraction of sp³-hybridized carbons (Fsp3) is 0.385. The van der Waals surface area contributed by atoms with Crippen LogP contribution < -0.4 is 0 Å². The van der Waals surface area contributed by atoms with E-state index in [0.717, 1.165) is 73.5 Å². The number of aromatic amines is 2. The summed E-state index contributed by atoms with van der Waals surface area (Å²) < 4.78 is 5.59. The number of pyridine rings is 1. The minimum Gasteiger partial charge on any atom is -0.461 e. The number of carbonyl (C=O) groups excluding carboxylic acids is 3. The highest BCUT2D eigenvalue weighted by molar-refractivity contribution is 6.13. The maximum absolute atomic E-state index is 13.6. The van der Waals surface area contributed by atoms with Gasteiger partial charge in [-0.3, -0.25) is 29.3 Å². The van der Waals surface area contributed by atoms with Crippen LogP contribution in [0.25, 0.3) is 22.1 Å². The number of carbonyl (C=O) groups is 3. The fourth-order valence-electron chi connectivity index (χ4n) is 7.94. The Bertz CT molecular complexity index is 2140. The van der Waals surface area contributed by atoms with Gasteiger partial charge in [-0.25, -0.2) is 0 Å². The molecule has 7 rings (SSSR count). The number of rotatable bonds is 7. The lowest BCUT2D eigenvalue weighted by Crippen LogP contribution is -2.10. The van der Waals surface area contributed by atoms with E-state index in [-0.39, 0.29) is 60.7 Å². The Hall–Kier alpha value is -4.92. The lowest BCUT2D eigenvalue weighted by Gasteiger charge is -2.17. The van der Waals surface area contributed by atoms with Gasteiger partial charge in [0.2, 0.25) is 0 Å². The molecule has 0 spiro atoms. The number of aryl methyl sites for hydroxylation is 2. The Balaban J connectivity index is 1.41. The lowest BCUT2D eigenvalue weighted by atomic mass is 9.85. The number of esters is 1. The zero-order valence-electron chi connectivity index (χ0n) is 28.4. The molecule has 0 radical (unpaired) electrons. The molecule has 2 aliphatic heterocycles. The second-order valence-electron chi connectivity index (χ2n) is 13.6. The number of ketones is 2. The molecule has 0 unspecified atom stereocenters. The van der Waals surface area contributed by atoms with Gasteiger partial charge in [-0.1, -0.05) is 26.8 Å². The van der Waals surface area contributed by atoms with Crippen LogP contribution in [0.1, 0.15) is 136 Å². The van der Waals surface area contributed by atoms with Gasteiger partial charge in [-0.05, 0) is 69.0 Å². The monoisotopic (exact) mass is 643 g/mol. The summed E-state index contributed by atoms with van der Waals surface area (Å²) in [4.78, 5) is 61.1. The topological polar surface area (TPSA) is 131 Å². The lowest BCUT2D eigenvalue weighted by molar-refractivity contribution is -0.145. The number of Topliss-reactive ketones (excluding diaryl/α,β-unsaturated/α-hetero) is 2. The molecule has 8 bridgehead atoms. The molecule has 4 aromatic rings. The Morgan fingerprint density at radius 1 is 0.938 bits per heavy atom. The SMILES string of the molecule is CC[C@H]1c2cc3[nH]c4c(c5nc(cc6[nH]c(cc(n2)[C@@H]1C)c(C(C)=O)c6C)[C@@H](C)[C@@H]5CCC(=O)OCc1cccnc1)CC(=O)c4c3C. The smallest absolute Gasteiger partial charge is 0.306 e. The minimum atomic E-state index is -0.290. The van der Waals surface area contributed by atoms with Crippen LogP contribution in [-0.4, -0.2) is 42.5 Å². The number of hydrogen-bond donors (Lipinski definition) is 2. The maximum Gasteiger partial charge on any atom is 0.306 e. The first-order valence-corrected chi connectivity index (χ1v) is 16.9. The quantitative estimate of drug-likeness (QED) is 0.154. The molecule has 0 aromatic carbocycles. The third-order valence-corrected chi connectivity index (χ3v) is 10.7. The van der Waals surface area contributed by atoms with E-state index in [2.05, 4.69) is 41.8 Å². The van der Waals surface area contributed by atoms with Crippen molar-refractivity contribution >= 4 is 39.6 Å². The highest BCUT2D eigenvalue weighted by Gasteiger charge is 2.36. The van der Waals surface area contributed by atoms with Crippen LogP contribution in [0.15, 0.2) is 42.7 Å². The van der Waals surface area contributed by atoms with Crippen molar-refractivity contribution < 1.29 is 19.1 Å². The molecule has 4 aromatic heterocycles. The van der Waals surface area contributed by atoms with Gasteiger partial charge in [0.25, 0.3) is 0 Å². The van der Waals surface area contributed by atoms with Crippen molar-refractivity contribution in [1.29, 1.82) is 0 Å². The number of H-pyrrole nitrogens is 2. The Kier molecular flexibility index (Phi) is 8.09. The molecule has 48 heavy (non-hydrogen) atoms. The maximum atomic E-state index is 13.6. The van der Waals surface area contributed by atoms with Crippen LogP contribution in [0.5, 0.6) is 0 Å². The van der Waals surface area contributed by atoms with Gasteiger partial charge >= 0.3 is 5.97 Å². The third-order valence-electron chi connectivity index (χ3n) is 10.7. The molecule has 1 aliphatic carbocycles. The predicted molar refractivity (Wildman–Crippen MR) is 184 cm³/mol. The van der Waals surface area contributed by atoms with Crippen LogP contribution >= 0.6 is 0 Å². The third kappa shape index (κ3) is 5.35. The first kappa shape index (κ1) is 31.7. The van der Waals surface area contributed by atoms with Crippen molar-refractivity contribution in [3.8, 4) is 0 Å². The zero-order chi connectivity index (χ0) is 33.9. The van der Waals surface area contributed by atoms with Crippen LogP contribution in [0.2, 0.25) is 0 Å². The van der Waals surface area contributed by atoms with Crippen molar-refractivity contribution in [2.75, 3.05) is 0 Å². The van der Waals surface area contributed by atoms with E-state index in [4.69, 9.17) is 14.7 Å². The molecule has 0 fully saturated rings. The van der Waals surface area contributed by atoms with Crippen LogP contribution in [0.4, 0.5) is 0 Å². The van der Waals surface area contributed by atoms with Gasteiger partial charge in [0.1, 0.15) is 6.61 Å². The fourth-order valence-corrected chi connectivity index (χ4v) is 7.94. The van der Waals surface area contributed by atoms with Gasteiger partial charge in [0.15, 0.2) is 11.6 Å². The molecule has 2 N–H and O–H groups in total.